The van der Waals surface area contributed by atoms with E-state index >= 15 is 0 Å². The molecule has 20 heavy (non-hydrogen) atoms. The Labute approximate surface area is 127 Å². The van der Waals surface area contributed by atoms with Crippen LogP contribution < -0.4 is 11.1 Å². The summed E-state index contributed by atoms with van der Waals surface area (Å²) in [6, 6.07) is 0. The van der Waals surface area contributed by atoms with Crippen LogP contribution in [-0.4, -0.2) is 15.9 Å². The second kappa shape index (κ2) is 5.33. The van der Waals surface area contributed by atoms with E-state index < -0.39 is 0 Å². The SMILES string of the molecule is CCCC1(CNc2snc(N)c2-c2nc(C)cs2)CC1. The molecule has 0 amide bonds. The minimum atomic E-state index is 0.517. The largest absolute Gasteiger partial charge is 0.382 e. The molecule has 0 atom stereocenters. The quantitative estimate of drug-likeness (QED) is 0.841. The molecule has 2 aromatic heterocycles. The molecular formula is C14H20N4S2. The Morgan fingerprint density at radius 3 is 2.85 bits per heavy atom. The maximum atomic E-state index is 6.02. The third-order valence-corrected chi connectivity index (χ3v) is 5.71. The van der Waals surface area contributed by atoms with Gasteiger partial charge >= 0.3 is 0 Å². The molecule has 0 saturated heterocycles. The first-order chi connectivity index (χ1) is 9.63. The van der Waals surface area contributed by atoms with Gasteiger partial charge in [0.25, 0.3) is 0 Å². The molecule has 1 aliphatic carbocycles. The number of hydrogen-bond acceptors (Lipinski definition) is 6. The monoisotopic (exact) mass is 308 g/mol. The molecule has 0 bridgehead atoms. The lowest BCUT2D eigenvalue weighted by molar-refractivity contribution is 0.486. The first-order valence-corrected chi connectivity index (χ1v) is 8.70. The van der Waals surface area contributed by atoms with Crippen molar-refractivity contribution in [3.05, 3.63) is 11.1 Å². The zero-order chi connectivity index (χ0) is 14.2. The Morgan fingerprint density at radius 1 is 1.45 bits per heavy atom. The number of aryl methyl sites for hydroxylation is 1. The van der Waals surface area contributed by atoms with Crippen molar-refractivity contribution in [2.24, 2.45) is 5.41 Å². The van der Waals surface area contributed by atoms with Gasteiger partial charge in [-0.1, -0.05) is 13.3 Å². The van der Waals surface area contributed by atoms with Gasteiger partial charge in [0.2, 0.25) is 0 Å². The van der Waals surface area contributed by atoms with Gasteiger partial charge in [-0.25, -0.2) is 4.98 Å². The number of nitrogens with two attached hydrogens (primary N) is 1. The molecular weight excluding hydrogens is 288 g/mol. The number of nitrogens with one attached hydrogen (secondary N) is 1. The average molecular weight is 308 g/mol. The fraction of sp³-hybridized carbons (Fsp3) is 0.571. The van der Waals surface area contributed by atoms with Crippen molar-refractivity contribution in [1.82, 2.24) is 9.36 Å². The van der Waals surface area contributed by atoms with E-state index in [9.17, 15) is 0 Å². The molecule has 0 radical (unpaired) electrons. The van der Waals surface area contributed by atoms with E-state index in [2.05, 4.69) is 27.0 Å². The summed E-state index contributed by atoms with van der Waals surface area (Å²) in [6.07, 6.45) is 5.24. The highest BCUT2D eigenvalue weighted by Crippen LogP contribution is 2.50. The minimum Gasteiger partial charge on any atom is -0.382 e. The summed E-state index contributed by atoms with van der Waals surface area (Å²) in [5.74, 6) is 0.590. The molecule has 0 spiro atoms. The molecule has 1 aliphatic rings. The van der Waals surface area contributed by atoms with E-state index in [1.54, 1.807) is 11.3 Å². The van der Waals surface area contributed by atoms with Gasteiger partial charge in [-0.3, -0.25) is 0 Å². The molecule has 6 heteroatoms. The van der Waals surface area contributed by atoms with Crippen LogP contribution in [0.2, 0.25) is 0 Å². The van der Waals surface area contributed by atoms with E-state index in [1.807, 2.05) is 6.92 Å². The lowest BCUT2D eigenvalue weighted by Crippen LogP contribution is -2.14. The summed E-state index contributed by atoms with van der Waals surface area (Å²) in [5.41, 5.74) is 8.56. The minimum absolute atomic E-state index is 0.517. The normalized spacial score (nSPS) is 16.3. The van der Waals surface area contributed by atoms with E-state index in [0.717, 1.165) is 27.8 Å². The maximum absolute atomic E-state index is 6.02. The Balaban J connectivity index is 1.77. The second-order valence-electron chi connectivity index (χ2n) is 5.67. The topological polar surface area (TPSA) is 63.8 Å². The average Bonchev–Trinajstić information content (AvgIpc) is 2.89. The molecule has 4 nitrogen and oxygen atoms in total. The number of nitrogen functional groups attached to an aromatic ring is 1. The van der Waals surface area contributed by atoms with Crippen LogP contribution in [0.25, 0.3) is 10.6 Å². The standard InChI is InChI=1S/C14H20N4S2/c1-3-4-14(5-6-14)8-16-12-10(11(15)18-20-12)13-17-9(2)7-19-13/h7,16H,3-6,8H2,1-2H3,(H2,15,18). The van der Waals surface area contributed by atoms with Crippen LogP contribution in [0.1, 0.15) is 38.3 Å². The van der Waals surface area contributed by atoms with Crippen LogP contribution in [0.15, 0.2) is 5.38 Å². The van der Waals surface area contributed by atoms with Gasteiger partial charge in [-0.15, -0.1) is 11.3 Å². The van der Waals surface area contributed by atoms with Crippen molar-refractivity contribution in [3.8, 4) is 10.6 Å². The van der Waals surface area contributed by atoms with E-state index in [1.165, 1.54) is 37.2 Å². The molecule has 108 valence electrons. The Hall–Kier alpha value is -1.14. The van der Waals surface area contributed by atoms with Crippen molar-refractivity contribution < 1.29 is 0 Å². The Bertz CT molecular complexity index is 598. The molecule has 2 aromatic rings. The van der Waals surface area contributed by atoms with E-state index in [4.69, 9.17) is 5.73 Å². The van der Waals surface area contributed by atoms with Crippen LogP contribution >= 0.6 is 22.9 Å². The summed E-state index contributed by atoms with van der Waals surface area (Å²) in [5, 5.41) is 7.66. The van der Waals surface area contributed by atoms with Crippen molar-refractivity contribution >= 4 is 33.7 Å². The zero-order valence-electron chi connectivity index (χ0n) is 11.9. The molecule has 0 unspecified atom stereocenters. The van der Waals surface area contributed by atoms with Crippen molar-refractivity contribution in [2.75, 3.05) is 17.6 Å². The van der Waals surface area contributed by atoms with E-state index in [-0.39, 0.29) is 0 Å². The predicted molar refractivity (Wildman–Crippen MR) is 87.4 cm³/mol. The number of rotatable bonds is 6. The molecule has 0 aromatic carbocycles. The van der Waals surface area contributed by atoms with Gasteiger partial charge < -0.3 is 11.1 Å². The van der Waals surface area contributed by atoms with Crippen molar-refractivity contribution in [3.63, 3.8) is 0 Å². The number of hydrogen-bond donors (Lipinski definition) is 2. The van der Waals surface area contributed by atoms with Gasteiger partial charge in [0.05, 0.1) is 5.56 Å². The number of anilines is 2. The van der Waals surface area contributed by atoms with Crippen LogP contribution in [0.3, 0.4) is 0 Å². The highest BCUT2D eigenvalue weighted by molar-refractivity contribution is 7.15. The summed E-state index contributed by atoms with van der Waals surface area (Å²) >= 11 is 3.08. The van der Waals surface area contributed by atoms with Gasteiger partial charge in [-0.05, 0) is 43.1 Å². The van der Waals surface area contributed by atoms with Crippen LogP contribution in [0.4, 0.5) is 10.8 Å². The number of nitrogens with zero attached hydrogens (tertiary/aromatic N) is 2. The molecule has 1 fully saturated rings. The summed E-state index contributed by atoms with van der Waals surface area (Å²) in [6.45, 7) is 5.29. The highest BCUT2D eigenvalue weighted by atomic mass is 32.1. The maximum Gasteiger partial charge on any atom is 0.149 e. The van der Waals surface area contributed by atoms with Crippen LogP contribution in [-0.2, 0) is 0 Å². The van der Waals surface area contributed by atoms with Gasteiger partial charge in [0.15, 0.2) is 0 Å². The second-order valence-corrected chi connectivity index (χ2v) is 7.30. The van der Waals surface area contributed by atoms with Crippen molar-refractivity contribution in [2.45, 2.75) is 39.5 Å². The van der Waals surface area contributed by atoms with Gasteiger partial charge in [-0.2, -0.15) is 4.37 Å². The highest BCUT2D eigenvalue weighted by Gasteiger charge is 2.41. The van der Waals surface area contributed by atoms with Gasteiger partial charge in [0, 0.05) is 17.6 Å². The molecule has 3 N–H and O–H groups in total. The molecule has 1 saturated carbocycles. The van der Waals surface area contributed by atoms with E-state index in [0.29, 0.717) is 11.2 Å². The first-order valence-electron chi connectivity index (χ1n) is 7.05. The predicted octanol–water partition coefficient (Wildman–Crippen LogP) is 4.15. The molecule has 2 heterocycles. The smallest absolute Gasteiger partial charge is 0.149 e. The first kappa shape index (κ1) is 13.8. The lowest BCUT2D eigenvalue weighted by Gasteiger charge is -2.15. The third-order valence-electron chi connectivity index (χ3n) is 3.91. The number of aromatic nitrogens is 2. The van der Waals surface area contributed by atoms with Crippen molar-refractivity contribution in [1.29, 1.82) is 0 Å². The van der Waals surface area contributed by atoms with Crippen LogP contribution in [0.5, 0.6) is 0 Å². The molecule has 0 aliphatic heterocycles. The Morgan fingerprint density at radius 2 is 2.25 bits per heavy atom. The van der Waals surface area contributed by atoms with Gasteiger partial charge in [0.1, 0.15) is 15.8 Å². The zero-order valence-corrected chi connectivity index (χ0v) is 13.5. The Kier molecular flexibility index (Phi) is 3.69. The summed E-state index contributed by atoms with van der Waals surface area (Å²) in [4.78, 5) is 4.54. The summed E-state index contributed by atoms with van der Waals surface area (Å²) in [7, 11) is 0. The van der Waals surface area contributed by atoms with Crippen LogP contribution in [0, 0.1) is 12.3 Å². The fourth-order valence-electron chi connectivity index (χ4n) is 2.59. The summed E-state index contributed by atoms with van der Waals surface area (Å²) < 4.78 is 4.29. The lowest BCUT2D eigenvalue weighted by atomic mass is 10.0. The fourth-order valence-corrected chi connectivity index (χ4v) is 4.22. The third kappa shape index (κ3) is 2.67. The number of thiazole rings is 1. The molecule has 3 rings (SSSR count).